The lowest BCUT2D eigenvalue weighted by atomic mass is 9.99. The SMILES string of the molecule is C#CCN(Cc1ccc(F)cc1)C(=O)Cc1c(C)nc2ccccc2c1C. The van der Waals surface area contributed by atoms with Gasteiger partial charge in [0, 0.05) is 17.6 Å². The molecule has 0 saturated heterocycles. The van der Waals surface area contributed by atoms with Gasteiger partial charge in [0.25, 0.3) is 0 Å². The zero-order chi connectivity index (χ0) is 19.4. The van der Waals surface area contributed by atoms with Crippen molar-refractivity contribution in [3.8, 4) is 12.3 Å². The number of aryl methyl sites for hydroxylation is 2. The monoisotopic (exact) mass is 360 g/mol. The molecule has 3 rings (SSSR count). The van der Waals surface area contributed by atoms with E-state index in [0.717, 1.165) is 33.3 Å². The molecule has 1 aromatic heterocycles. The lowest BCUT2D eigenvalue weighted by molar-refractivity contribution is -0.130. The van der Waals surface area contributed by atoms with Gasteiger partial charge in [-0.3, -0.25) is 9.78 Å². The van der Waals surface area contributed by atoms with E-state index in [1.165, 1.54) is 12.1 Å². The third kappa shape index (κ3) is 4.15. The Morgan fingerprint density at radius 3 is 2.56 bits per heavy atom. The van der Waals surface area contributed by atoms with Crippen LogP contribution in [0, 0.1) is 32.0 Å². The summed E-state index contributed by atoms with van der Waals surface area (Å²) < 4.78 is 13.1. The summed E-state index contributed by atoms with van der Waals surface area (Å²) in [5, 5.41) is 1.05. The van der Waals surface area contributed by atoms with E-state index in [1.54, 1.807) is 17.0 Å². The Bertz CT molecular complexity index is 1020. The molecule has 0 atom stereocenters. The number of nitrogens with zero attached hydrogens (tertiary/aromatic N) is 2. The molecule has 2 aromatic carbocycles. The predicted molar refractivity (Wildman–Crippen MR) is 106 cm³/mol. The van der Waals surface area contributed by atoms with Crippen LogP contribution in [-0.4, -0.2) is 22.3 Å². The number of para-hydroxylation sites is 1. The van der Waals surface area contributed by atoms with Crippen LogP contribution in [0.2, 0.25) is 0 Å². The van der Waals surface area contributed by atoms with Crippen molar-refractivity contribution in [2.75, 3.05) is 6.54 Å². The molecule has 0 aliphatic rings. The number of benzene rings is 2. The fourth-order valence-corrected chi connectivity index (χ4v) is 3.25. The predicted octanol–water partition coefficient (Wildman–Crippen LogP) is 4.20. The maximum atomic E-state index is 13.1. The quantitative estimate of drug-likeness (QED) is 0.639. The van der Waals surface area contributed by atoms with E-state index in [1.807, 2.05) is 38.1 Å². The minimum absolute atomic E-state index is 0.0689. The van der Waals surface area contributed by atoms with E-state index in [0.29, 0.717) is 6.54 Å². The van der Waals surface area contributed by atoms with E-state index >= 15 is 0 Å². The first-order chi connectivity index (χ1) is 13.0. The van der Waals surface area contributed by atoms with Crippen LogP contribution in [0.4, 0.5) is 4.39 Å². The second kappa shape index (κ2) is 8.01. The minimum Gasteiger partial charge on any atom is -0.327 e. The van der Waals surface area contributed by atoms with Crippen LogP contribution < -0.4 is 0 Å². The fourth-order valence-electron chi connectivity index (χ4n) is 3.25. The molecule has 4 heteroatoms. The molecular weight excluding hydrogens is 339 g/mol. The van der Waals surface area contributed by atoms with Crippen LogP contribution in [0.15, 0.2) is 48.5 Å². The van der Waals surface area contributed by atoms with Crippen molar-refractivity contribution >= 4 is 16.8 Å². The molecule has 0 N–H and O–H groups in total. The minimum atomic E-state index is -0.304. The summed E-state index contributed by atoms with van der Waals surface area (Å²) in [6, 6.07) is 14.0. The number of hydrogen-bond acceptors (Lipinski definition) is 2. The fraction of sp³-hybridized carbons (Fsp3) is 0.217. The molecule has 3 aromatic rings. The highest BCUT2D eigenvalue weighted by Crippen LogP contribution is 2.23. The van der Waals surface area contributed by atoms with Gasteiger partial charge >= 0.3 is 0 Å². The number of halogens is 1. The molecule has 1 heterocycles. The number of aromatic nitrogens is 1. The normalized spacial score (nSPS) is 10.6. The number of hydrogen-bond donors (Lipinski definition) is 0. The van der Waals surface area contributed by atoms with Crippen LogP contribution >= 0.6 is 0 Å². The Balaban J connectivity index is 1.86. The summed E-state index contributed by atoms with van der Waals surface area (Å²) in [4.78, 5) is 19.2. The van der Waals surface area contributed by atoms with Crippen LogP contribution in [0.1, 0.15) is 22.4 Å². The van der Waals surface area contributed by atoms with E-state index in [4.69, 9.17) is 6.42 Å². The van der Waals surface area contributed by atoms with Crippen molar-refractivity contribution in [3.05, 3.63) is 76.7 Å². The Labute approximate surface area is 158 Å². The van der Waals surface area contributed by atoms with Gasteiger partial charge in [-0.25, -0.2) is 4.39 Å². The van der Waals surface area contributed by atoms with Crippen molar-refractivity contribution in [3.63, 3.8) is 0 Å². The Morgan fingerprint density at radius 2 is 1.85 bits per heavy atom. The number of carbonyl (C=O) groups excluding carboxylic acids is 1. The number of amides is 1. The highest BCUT2D eigenvalue weighted by atomic mass is 19.1. The molecular formula is C23H21FN2O. The van der Waals surface area contributed by atoms with Gasteiger partial charge in [-0.2, -0.15) is 0 Å². The lowest BCUT2D eigenvalue weighted by Crippen LogP contribution is -2.32. The van der Waals surface area contributed by atoms with Crippen molar-refractivity contribution in [1.82, 2.24) is 9.88 Å². The molecule has 0 bridgehead atoms. The summed E-state index contributed by atoms with van der Waals surface area (Å²) in [5.41, 5.74) is 4.61. The maximum absolute atomic E-state index is 13.1. The summed E-state index contributed by atoms with van der Waals surface area (Å²) in [6.45, 7) is 4.50. The third-order valence-electron chi connectivity index (χ3n) is 4.74. The number of carbonyl (C=O) groups is 1. The second-order valence-electron chi connectivity index (χ2n) is 6.58. The van der Waals surface area contributed by atoms with Crippen molar-refractivity contribution in [1.29, 1.82) is 0 Å². The zero-order valence-electron chi connectivity index (χ0n) is 15.5. The average molecular weight is 360 g/mol. The summed E-state index contributed by atoms with van der Waals surface area (Å²) >= 11 is 0. The van der Waals surface area contributed by atoms with Crippen LogP contribution in [0.25, 0.3) is 10.9 Å². The average Bonchev–Trinajstić information content (AvgIpc) is 2.66. The first-order valence-electron chi connectivity index (χ1n) is 8.80. The van der Waals surface area contributed by atoms with Crippen LogP contribution in [0.5, 0.6) is 0 Å². The molecule has 0 spiro atoms. The standard InChI is InChI=1S/C23H21FN2O/c1-4-13-26(15-18-9-11-19(24)12-10-18)23(27)14-21-16(2)20-7-5-6-8-22(20)25-17(21)3/h1,5-12H,13-15H2,2-3H3. The molecule has 0 fully saturated rings. The second-order valence-corrected chi connectivity index (χ2v) is 6.58. The van der Waals surface area contributed by atoms with E-state index in [9.17, 15) is 9.18 Å². The van der Waals surface area contributed by atoms with Crippen LogP contribution in [-0.2, 0) is 17.8 Å². The number of fused-ring (bicyclic) bond motifs is 1. The molecule has 0 saturated carbocycles. The summed E-state index contributed by atoms with van der Waals surface area (Å²) in [6.07, 6.45) is 5.69. The van der Waals surface area contributed by atoms with Gasteiger partial charge in [0.2, 0.25) is 5.91 Å². The zero-order valence-corrected chi connectivity index (χ0v) is 15.5. The molecule has 1 amide bonds. The maximum Gasteiger partial charge on any atom is 0.228 e. The molecule has 0 unspecified atom stereocenters. The third-order valence-corrected chi connectivity index (χ3v) is 4.74. The van der Waals surface area contributed by atoms with Crippen LogP contribution in [0.3, 0.4) is 0 Å². The molecule has 3 nitrogen and oxygen atoms in total. The molecule has 0 radical (unpaired) electrons. The Hall–Kier alpha value is -3.19. The first-order valence-corrected chi connectivity index (χ1v) is 8.80. The highest BCUT2D eigenvalue weighted by molar-refractivity contribution is 5.86. The van der Waals surface area contributed by atoms with E-state index in [-0.39, 0.29) is 24.7 Å². The Kier molecular flexibility index (Phi) is 5.52. The van der Waals surface area contributed by atoms with E-state index < -0.39 is 0 Å². The molecule has 27 heavy (non-hydrogen) atoms. The number of terminal acetylenes is 1. The molecule has 0 aliphatic carbocycles. The van der Waals surface area contributed by atoms with E-state index in [2.05, 4.69) is 10.9 Å². The Morgan fingerprint density at radius 1 is 1.15 bits per heavy atom. The van der Waals surface area contributed by atoms with Gasteiger partial charge in [0.15, 0.2) is 0 Å². The van der Waals surface area contributed by atoms with Gasteiger partial charge in [-0.15, -0.1) is 6.42 Å². The van der Waals surface area contributed by atoms with Gasteiger partial charge in [0.1, 0.15) is 5.82 Å². The van der Waals surface area contributed by atoms with Crippen molar-refractivity contribution in [2.45, 2.75) is 26.8 Å². The topological polar surface area (TPSA) is 33.2 Å². The number of pyridine rings is 1. The van der Waals surface area contributed by atoms with Gasteiger partial charge in [-0.05, 0) is 48.7 Å². The summed E-state index contributed by atoms with van der Waals surface area (Å²) in [7, 11) is 0. The summed E-state index contributed by atoms with van der Waals surface area (Å²) in [5.74, 6) is 2.17. The smallest absolute Gasteiger partial charge is 0.228 e. The first kappa shape index (κ1) is 18.6. The van der Waals surface area contributed by atoms with Crippen molar-refractivity contribution < 1.29 is 9.18 Å². The molecule has 136 valence electrons. The lowest BCUT2D eigenvalue weighted by Gasteiger charge is -2.22. The van der Waals surface area contributed by atoms with Gasteiger partial charge in [-0.1, -0.05) is 36.3 Å². The number of rotatable bonds is 5. The molecule has 0 aliphatic heterocycles. The van der Waals surface area contributed by atoms with Crippen molar-refractivity contribution in [2.24, 2.45) is 0 Å². The van der Waals surface area contributed by atoms with Gasteiger partial charge < -0.3 is 4.90 Å². The highest BCUT2D eigenvalue weighted by Gasteiger charge is 2.18. The van der Waals surface area contributed by atoms with Gasteiger partial charge in [0.05, 0.1) is 18.5 Å². The largest absolute Gasteiger partial charge is 0.327 e.